The number of esters is 1. The highest BCUT2D eigenvalue weighted by Crippen LogP contribution is 2.40. The van der Waals surface area contributed by atoms with Gasteiger partial charge in [0.15, 0.2) is 0 Å². The first-order valence-corrected chi connectivity index (χ1v) is 10.2. The molecule has 0 bridgehead atoms. The van der Waals surface area contributed by atoms with Crippen molar-refractivity contribution in [3.8, 4) is 0 Å². The summed E-state index contributed by atoms with van der Waals surface area (Å²) < 4.78 is 5.08. The second-order valence-corrected chi connectivity index (χ2v) is 7.37. The molecule has 30 heavy (non-hydrogen) atoms. The Balaban J connectivity index is 1.98. The molecule has 1 heterocycles. The van der Waals surface area contributed by atoms with Gasteiger partial charge in [-0.15, -0.1) is 0 Å². The monoisotopic (exact) mass is 424 g/mol. The van der Waals surface area contributed by atoms with Crippen LogP contribution < -0.4 is 0 Å². The lowest BCUT2D eigenvalue weighted by Gasteiger charge is -2.03. The molecule has 8 heteroatoms. The first-order chi connectivity index (χ1) is 14.4. The molecule has 2 aromatic rings. The number of hydrogen-bond acceptors (Lipinski definition) is 7. The molecular formula is C22H20N2O5S. The average molecular weight is 424 g/mol. The van der Waals surface area contributed by atoms with Gasteiger partial charge in [0, 0.05) is 12.1 Å². The highest BCUT2D eigenvalue weighted by Gasteiger charge is 2.33. The molecule has 0 spiro atoms. The van der Waals surface area contributed by atoms with E-state index in [-0.39, 0.29) is 28.7 Å². The molecule has 154 valence electrons. The molecule has 0 aliphatic carbocycles. The molecule has 0 atom stereocenters. The number of benzene rings is 2. The number of carbonyl (C=O) groups is 1. The molecule has 1 N–H and O–H groups in total. The summed E-state index contributed by atoms with van der Waals surface area (Å²) >= 11 is 1.14. The lowest BCUT2D eigenvalue weighted by Crippen LogP contribution is -2.12. The number of aliphatic hydroxyl groups excluding tert-OH is 1. The normalized spacial score (nSPS) is 16.3. The Labute approximate surface area is 177 Å². The zero-order valence-electron chi connectivity index (χ0n) is 16.5. The van der Waals surface area contributed by atoms with E-state index in [2.05, 4.69) is 11.9 Å². The topological polar surface area (TPSA) is 102 Å². The van der Waals surface area contributed by atoms with E-state index in [0.717, 1.165) is 23.7 Å². The Morgan fingerprint density at radius 3 is 2.40 bits per heavy atom. The summed E-state index contributed by atoms with van der Waals surface area (Å²) in [4.78, 5) is 27.6. The van der Waals surface area contributed by atoms with Crippen LogP contribution in [0.2, 0.25) is 0 Å². The summed E-state index contributed by atoms with van der Waals surface area (Å²) in [5.74, 6) is -0.869. The molecule has 3 rings (SSSR count). The number of nitro benzene ring substituents is 1. The maximum Gasteiger partial charge on any atom is 0.344 e. The van der Waals surface area contributed by atoms with Gasteiger partial charge in [-0.25, -0.2) is 9.79 Å². The van der Waals surface area contributed by atoms with Gasteiger partial charge in [0.1, 0.15) is 16.4 Å². The van der Waals surface area contributed by atoms with Crippen LogP contribution in [0, 0.1) is 10.1 Å². The fourth-order valence-electron chi connectivity index (χ4n) is 2.76. The van der Waals surface area contributed by atoms with E-state index in [1.54, 1.807) is 13.0 Å². The minimum Gasteiger partial charge on any atom is -0.506 e. The lowest BCUT2D eigenvalue weighted by atomic mass is 10.1. The largest absolute Gasteiger partial charge is 0.506 e. The Bertz CT molecular complexity index is 1050. The fraction of sp³-hybridized carbons (Fsp3) is 0.182. The maximum atomic E-state index is 12.4. The fourth-order valence-corrected chi connectivity index (χ4v) is 3.79. The molecule has 0 aromatic heterocycles. The Hall–Kier alpha value is -3.39. The lowest BCUT2D eigenvalue weighted by molar-refractivity contribution is -0.384. The molecule has 1 aliphatic heterocycles. The van der Waals surface area contributed by atoms with E-state index in [4.69, 9.17) is 4.74 Å². The first kappa shape index (κ1) is 21.3. The van der Waals surface area contributed by atoms with Crippen LogP contribution in [-0.4, -0.2) is 27.6 Å². The number of nitrogens with zero attached hydrogens (tertiary/aromatic N) is 2. The van der Waals surface area contributed by atoms with E-state index < -0.39 is 10.9 Å². The van der Waals surface area contributed by atoms with Crippen molar-refractivity contribution in [2.24, 2.45) is 4.99 Å². The van der Waals surface area contributed by atoms with Gasteiger partial charge in [-0.3, -0.25) is 10.1 Å². The second-order valence-electron chi connectivity index (χ2n) is 6.34. The van der Waals surface area contributed by atoms with Gasteiger partial charge in [-0.1, -0.05) is 43.0 Å². The summed E-state index contributed by atoms with van der Waals surface area (Å²) in [5.41, 5.74) is 2.42. The summed E-state index contributed by atoms with van der Waals surface area (Å²) in [5, 5.41) is 21.8. The predicted molar refractivity (Wildman–Crippen MR) is 118 cm³/mol. The van der Waals surface area contributed by atoms with E-state index in [0.29, 0.717) is 10.6 Å². The van der Waals surface area contributed by atoms with E-state index >= 15 is 0 Å². The number of thioether (sulfide) groups is 1. The van der Waals surface area contributed by atoms with Crippen molar-refractivity contribution in [2.75, 3.05) is 6.61 Å². The van der Waals surface area contributed by atoms with Crippen molar-refractivity contribution >= 4 is 40.2 Å². The minimum absolute atomic E-state index is 0.0170. The molecule has 0 unspecified atom stereocenters. The smallest absolute Gasteiger partial charge is 0.344 e. The molecule has 0 fully saturated rings. The van der Waals surface area contributed by atoms with Gasteiger partial charge in [0.25, 0.3) is 5.69 Å². The van der Waals surface area contributed by atoms with Crippen molar-refractivity contribution in [1.82, 2.24) is 0 Å². The van der Waals surface area contributed by atoms with Crippen molar-refractivity contribution in [3.05, 3.63) is 86.0 Å². The number of aliphatic imine (C=N–C) groups is 1. The first-order valence-electron chi connectivity index (χ1n) is 9.35. The van der Waals surface area contributed by atoms with Gasteiger partial charge >= 0.3 is 5.97 Å². The van der Waals surface area contributed by atoms with Gasteiger partial charge in [-0.2, -0.15) is 0 Å². The number of rotatable bonds is 6. The number of carbonyl (C=O) groups excluding carboxylic acids is 1. The Morgan fingerprint density at radius 2 is 1.83 bits per heavy atom. The SMILES string of the molecule is CCOC(=O)C1=C(O)/C(=C/c2ccc(CC)cc2)SC1=Nc1ccc([N+](=O)[O-])cc1. The van der Waals surface area contributed by atoms with Crippen LogP contribution in [0.1, 0.15) is 25.0 Å². The summed E-state index contributed by atoms with van der Waals surface area (Å²) in [6, 6.07) is 13.5. The molecule has 0 saturated heterocycles. The van der Waals surface area contributed by atoms with Crippen molar-refractivity contribution in [3.63, 3.8) is 0 Å². The molecule has 0 saturated carbocycles. The molecule has 0 amide bonds. The molecule has 7 nitrogen and oxygen atoms in total. The summed E-state index contributed by atoms with van der Waals surface area (Å²) in [6.45, 7) is 3.90. The van der Waals surface area contributed by atoms with Crippen LogP contribution in [0.3, 0.4) is 0 Å². The van der Waals surface area contributed by atoms with Gasteiger partial charge in [-0.05, 0) is 42.7 Å². The number of hydrogen-bond donors (Lipinski definition) is 1. The Morgan fingerprint density at radius 1 is 1.17 bits per heavy atom. The number of ether oxygens (including phenoxy) is 1. The summed E-state index contributed by atoms with van der Waals surface area (Å²) in [7, 11) is 0. The van der Waals surface area contributed by atoms with Crippen LogP contribution >= 0.6 is 11.8 Å². The van der Waals surface area contributed by atoms with E-state index in [1.807, 2.05) is 24.3 Å². The number of non-ortho nitro benzene ring substituents is 1. The third kappa shape index (κ3) is 4.77. The van der Waals surface area contributed by atoms with Crippen molar-refractivity contribution in [1.29, 1.82) is 0 Å². The third-order valence-corrected chi connectivity index (χ3v) is 5.37. The van der Waals surface area contributed by atoms with Crippen LogP contribution in [0.4, 0.5) is 11.4 Å². The van der Waals surface area contributed by atoms with Crippen molar-refractivity contribution in [2.45, 2.75) is 20.3 Å². The van der Waals surface area contributed by atoms with Crippen LogP contribution in [0.5, 0.6) is 0 Å². The van der Waals surface area contributed by atoms with Crippen molar-refractivity contribution < 1.29 is 19.6 Å². The summed E-state index contributed by atoms with van der Waals surface area (Å²) in [6.07, 6.45) is 2.70. The standard InChI is InChI=1S/C22H20N2O5S/c1-3-14-5-7-15(8-6-14)13-18-20(25)19(22(26)29-4-2)21(30-18)23-16-9-11-17(12-10-16)24(27)28/h5-13,25H,3-4H2,1-2H3/b18-13-,23-21?. The molecule has 0 radical (unpaired) electrons. The van der Waals surface area contributed by atoms with E-state index in [1.165, 1.54) is 29.8 Å². The molecule has 1 aliphatic rings. The highest BCUT2D eigenvalue weighted by atomic mass is 32.2. The van der Waals surface area contributed by atoms with Crippen LogP contribution in [0.25, 0.3) is 6.08 Å². The van der Waals surface area contributed by atoms with Crippen LogP contribution in [-0.2, 0) is 16.0 Å². The van der Waals surface area contributed by atoms with Gasteiger partial charge < -0.3 is 9.84 Å². The number of aryl methyl sites for hydroxylation is 1. The predicted octanol–water partition coefficient (Wildman–Crippen LogP) is 5.35. The second kappa shape index (κ2) is 9.41. The number of aliphatic hydroxyl groups is 1. The average Bonchev–Trinajstić information content (AvgIpc) is 3.04. The zero-order valence-corrected chi connectivity index (χ0v) is 17.3. The highest BCUT2D eigenvalue weighted by molar-refractivity contribution is 8.18. The minimum atomic E-state index is -0.673. The zero-order chi connectivity index (χ0) is 21.7. The molecular weight excluding hydrogens is 404 g/mol. The van der Waals surface area contributed by atoms with Gasteiger partial charge in [0.05, 0.1) is 22.1 Å². The maximum absolute atomic E-state index is 12.4. The molecule has 2 aromatic carbocycles. The Kier molecular flexibility index (Phi) is 6.68. The van der Waals surface area contributed by atoms with E-state index in [9.17, 15) is 20.0 Å². The number of nitro groups is 1. The van der Waals surface area contributed by atoms with Crippen LogP contribution in [0.15, 0.2) is 69.8 Å². The van der Waals surface area contributed by atoms with Gasteiger partial charge in [0.2, 0.25) is 0 Å². The quantitative estimate of drug-likeness (QED) is 0.381. The third-order valence-electron chi connectivity index (χ3n) is 4.35.